The van der Waals surface area contributed by atoms with Gasteiger partial charge < -0.3 is 19.7 Å². The Labute approximate surface area is 221 Å². The maximum Gasteiger partial charge on any atom is 0.241 e. The Morgan fingerprint density at radius 2 is 1.74 bits per heavy atom. The number of aromatic nitrogens is 1. The fourth-order valence-electron chi connectivity index (χ4n) is 4.68. The molecule has 0 unspecified atom stereocenters. The van der Waals surface area contributed by atoms with Crippen LogP contribution in [0, 0.1) is 0 Å². The van der Waals surface area contributed by atoms with E-state index >= 15 is 0 Å². The van der Waals surface area contributed by atoms with Crippen molar-refractivity contribution in [2.45, 2.75) is 48.5 Å². The zero-order valence-electron chi connectivity index (χ0n) is 21.0. The molecule has 200 valence electrons. The van der Waals surface area contributed by atoms with Gasteiger partial charge in [-0.05, 0) is 61.2 Å². The van der Waals surface area contributed by atoms with E-state index in [1.54, 1.807) is 25.1 Å². The molecule has 10 heteroatoms. The number of rotatable bonds is 11. The molecule has 1 aromatic heterocycles. The lowest BCUT2D eigenvalue weighted by molar-refractivity contribution is -0.120. The summed E-state index contributed by atoms with van der Waals surface area (Å²) in [6.07, 6.45) is 1.96. The normalized spacial score (nSPS) is 15.9. The van der Waals surface area contributed by atoms with Gasteiger partial charge in [-0.1, -0.05) is 31.2 Å². The van der Waals surface area contributed by atoms with Crippen molar-refractivity contribution in [1.29, 1.82) is 0 Å². The third-order valence-electron chi connectivity index (χ3n) is 7.45. The van der Waals surface area contributed by atoms with Gasteiger partial charge in [0.05, 0.1) is 34.8 Å². The summed E-state index contributed by atoms with van der Waals surface area (Å²) < 4.78 is 38.9. The first kappa shape index (κ1) is 26.3. The number of benzene rings is 2. The number of hydrogen-bond acceptors (Lipinski definition) is 8. The van der Waals surface area contributed by atoms with Gasteiger partial charge in [0, 0.05) is 17.7 Å². The van der Waals surface area contributed by atoms with Gasteiger partial charge in [-0.15, -0.1) is 0 Å². The maximum atomic E-state index is 13.4. The fraction of sp³-hybridized carbons (Fsp3) is 0.357. The number of aliphatic hydroxyl groups is 2. The first-order valence-corrected chi connectivity index (χ1v) is 14.0. The van der Waals surface area contributed by atoms with Gasteiger partial charge in [0.25, 0.3) is 0 Å². The topological polar surface area (TPSA) is 135 Å². The predicted molar refractivity (Wildman–Crippen MR) is 139 cm³/mol. The Hall–Kier alpha value is -3.31. The van der Waals surface area contributed by atoms with Crippen molar-refractivity contribution in [3.05, 3.63) is 71.9 Å². The lowest BCUT2D eigenvalue weighted by Crippen LogP contribution is -2.53. The third kappa shape index (κ3) is 4.92. The van der Waals surface area contributed by atoms with Gasteiger partial charge in [0.2, 0.25) is 16.8 Å². The molecule has 0 bridgehead atoms. The van der Waals surface area contributed by atoms with Crippen molar-refractivity contribution in [3.8, 4) is 22.8 Å². The molecule has 3 N–H and O–H groups in total. The summed E-state index contributed by atoms with van der Waals surface area (Å²) in [6, 6.07) is 17.3. The second-order valence-corrected chi connectivity index (χ2v) is 11.5. The van der Waals surface area contributed by atoms with E-state index in [4.69, 9.17) is 9.47 Å². The molecule has 38 heavy (non-hydrogen) atoms. The lowest BCUT2D eigenvalue weighted by atomic mass is 9.88. The molecule has 3 aromatic rings. The number of fused-ring (bicyclic) bond motifs is 1. The molecule has 1 fully saturated rings. The van der Waals surface area contributed by atoms with Crippen LogP contribution in [0.4, 0.5) is 0 Å². The Balaban J connectivity index is 1.31. The average Bonchev–Trinajstić information content (AvgIpc) is 3.62. The number of aliphatic hydroxyl groups excluding tert-OH is 2. The highest BCUT2D eigenvalue weighted by molar-refractivity contribution is 7.89. The standard InChI is InChI=1S/C28H30N2O7S/c1-2-27(16-31,17-32)30-38(34,35)22-9-6-19(7-10-22)23-5-3-4-21(29-23)15-26(33)28(12-13-28)20-8-11-24-25(14-20)37-18-36-24/h3-11,14,30-32H,2,12-13,15-18H2,1H3. The van der Waals surface area contributed by atoms with Crippen molar-refractivity contribution in [2.24, 2.45) is 0 Å². The third-order valence-corrected chi connectivity index (χ3v) is 9.05. The van der Waals surface area contributed by atoms with Gasteiger partial charge in [-0.25, -0.2) is 13.1 Å². The van der Waals surface area contributed by atoms with Crippen LogP contribution in [0.25, 0.3) is 11.3 Å². The number of hydrogen-bond donors (Lipinski definition) is 3. The number of ketones is 1. The molecule has 0 amide bonds. The van der Waals surface area contributed by atoms with Crippen LogP contribution in [-0.4, -0.2) is 54.9 Å². The molecule has 1 aliphatic heterocycles. The number of pyridine rings is 1. The highest BCUT2D eigenvalue weighted by Gasteiger charge is 2.51. The maximum absolute atomic E-state index is 13.4. The number of carbonyl (C=O) groups is 1. The van der Waals surface area contributed by atoms with E-state index in [9.17, 15) is 23.4 Å². The zero-order valence-corrected chi connectivity index (χ0v) is 21.8. The van der Waals surface area contributed by atoms with Crippen LogP contribution in [-0.2, 0) is 26.7 Å². The first-order chi connectivity index (χ1) is 18.2. The molecule has 0 saturated heterocycles. The lowest BCUT2D eigenvalue weighted by Gasteiger charge is -2.29. The van der Waals surface area contributed by atoms with Crippen molar-refractivity contribution in [2.75, 3.05) is 20.0 Å². The Morgan fingerprint density at radius 1 is 1.03 bits per heavy atom. The SMILES string of the molecule is CCC(CO)(CO)NS(=O)(=O)c1ccc(-c2cccc(CC(=O)C3(c4ccc5c(c4)OCO5)CC3)n2)cc1. The molecule has 0 spiro atoms. The quantitative estimate of drug-likeness (QED) is 0.339. The molecule has 2 aliphatic rings. The number of sulfonamides is 1. The van der Waals surface area contributed by atoms with E-state index < -0.39 is 34.2 Å². The van der Waals surface area contributed by atoms with E-state index in [0.29, 0.717) is 28.5 Å². The highest BCUT2D eigenvalue weighted by atomic mass is 32.2. The van der Waals surface area contributed by atoms with Crippen LogP contribution in [0.2, 0.25) is 0 Å². The molecular formula is C28H30N2O7S. The first-order valence-electron chi connectivity index (χ1n) is 12.5. The molecule has 5 rings (SSSR count). The van der Waals surface area contributed by atoms with Crippen molar-refractivity contribution >= 4 is 15.8 Å². The molecular weight excluding hydrogens is 508 g/mol. The van der Waals surface area contributed by atoms with Gasteiger partial charge in [0.1, 0.15) is 5.78 Å². The largest absolute Gasteiger partial charge is 0.454 e. The molecule has 9 nitrogen and oxygen atoms in total. The Morgan fingerprint density at radius 3 is 2.39 bits per heavy atom. The van der Waals surface area contributed by atoms with Gasteiger partial charge in [-0.3, -0.25) is 9.78 Å². The Bertz CT molecular complexity index is 1440. The van der Waals surface area contributed by atoms with Crippen LogP contribution < -0.4 is 14.2 Å². The van der Waals surface area contributed by atoms with Crippen LogP contribution in [0.3, 0.4) is 0 Å². The minimum absolute atomic E-state index is 0.00621. The van der Waals surface area contributed by atoms with Crippen LogP contribution in [0.1, 0.15) is 37.4 Å². The monoisotopic (exact) mass is 538 g/mol. The summed E-state index contributed by atoms with van der Waals surface area (Å²) in [4.78, 5) is 18.0. The summed E-state index contributed by atoms with van der Waals surface area (Å²) in [6.45, 7) is 0.817. The fourth-order valence-corrected chi connectivity index (χ4v) is 6.14. The number of Topliss-reactive ketones (excluding diaryl/α,β-unsaturated/α-hetero) is 1. The van der Waals surface area contributed by atoms with Crippen molar-refractivity contribution in [3.63, 3.8) is 0 Å². The smallest absolute Gasteiger partial charge is 0.241 e. The van der Waals surface area contributed by atoms with Crippen molar-refractivity contribution in [1.82, 2.24) is 9.71 Å². The van der Waals surface area contributed by atoms with Gasteiger partial charge >= 0.3 is 0 Å². The molecule has 2 aromatic carbocycles. The minimum Gasteiger partial charge on any atom is -0.454 e. The van der Waals surface area contributed by atoms with Crippen molar-refractivity contribution < 1.29 is 32.9 Å². The van der Waals surface area contributed by atoms with E-state index in [2.05, 4.69) is 9.71 Å². The molecule has 2 heterocycles. The molecule has 1 aliphatic carbocycles. The van der Waals surface area contributed by atoms with Crippen LogP contribution in [0.15, 0.2) is 65.6 Å². The Kier molecular flexibility index (Phi) is 6.99. The van der Waals surface area contributed by atoms with Crippen LogP contribution >= 0.6 is 0 Å². The van der Waals surface area contributed by atoms with Gasteiger partial charge in [0.15, 0.2) is 11.5 Å². The van der Waals surface area contributed by atoms with E-state index in [1.807, 2.05) is 30.3 Å². The number of nitrogens with one attached hydrogen (secondary N) is 1. The number of carbonyl (C=O) groups excluding carboxylic acids is 1. The zero-order chi connectivity index (χ0) is 27.0. The average molecular weight is 539 g/mol. The predicted octanol–water partition coefficient (Wildman–Crippen LogP) is 2.73. The second kappa shape index (κ2) is 10.1. The van der Waals surface area contributed by atoms with E-state index in [-0.39, 0.29) is 30.3 Å². The molecule has 0 radical (unpaired) electrons. The summed E-state index contributed by atoms with van der Waals surface area (Å²) in [7, 11) is -3.97. The number of nitrogens with zero attached hydrogens (tertiary/aromatic N) is 1. The molecule has 1 saturated carbocycles. The molecule has 0 atom stereocenters. The summed E-state index contributed by atoms with van der Waals surface area (Å²) in [5, 5.41) is 19.2. The van der Waals surface area contributed by atoms with E-state index in [1.165, 1.54) is 12.1 Å². The second-order valence-electron chi connectivity index (χ2n) is 9.84. The van der Waals surface area contributed by atoms with E-state index in [0.717, 1.165) is 18.4 Å². The van der Waals surface area contributed by atoms with Gasteiger partial charge in [-0.2, -0.15) is 0 Å². The minimum atomic E-state index is -3.97. The number of ether oxygens (including phenoxy) is 2. The van der Waals surface area contributed by atoms with Crippen LogP contribution in [0.5, 0.6) is 11.5 Å². The summed E-state index contributed by atoms with van der Waals surface area (Å²) in [5.74, 6) is 1.45. The highest BCUT2D eigenvalue weighted by Crippen LogP contribution is 2.51. The summed E-state index contributed by atoms with van der Waals surface area (Å²) >= 11 is 0. The summed E-state index contributed by atoms with van der Waals surface area (Å²) in [5.41, 5.74) is 1.02.